The highest BCUT2D eigenvalue weighted by Crippen LogP contribution is 2.25. The molecular formula is C21H25FN2O4S. The highest BCUT2D eigenvalue weighted by molar-refractivity contribution is 7.87. The Labute approximate surface area is 171 Å². The number of anilines is 1. The summed E-state index contributed by atoms with van der Waals surface area (Å²) in [6, 6.07) is 10.8. The monoisotopic (exact) mass is 420 g/mol. The van der Waals surface area contributed by atoms with Crippen LogP contribution in [0.25, 0.3) is 0 Å². The van der Waals surface area contributed by atoms with E-state index >= 15 is 0 Å². The van der Waals surface area contributed by atoms with Crippen LogP contribution in [0.15, 0.2) is 53.4 Å². The van der Waals surface area contributed by atoms with Gasteiger partial charge in [-0.3, -0.25) is 4.90 Å². The molecule has 0 aromatic heterocycles. The van der Waals surface area contributed by atoms with E-state index in [0.29, 0.717) is 18.8 Å². The summed E-state index contributed by atoms with van der Waals surface area (Å²) in [5.74, 6) is -0.678. The van der Waals surface area contributed by atoms with Crippen molar-refractivity contribution >= 4 is 21.8 Å². The molecule has 6 nitrogen and oxygen atoms in total. The van der Waals surface area contributed by atoms with E-state index in [1.807, 2.05) is 4.90 Å². The Hall–Kier alpha value is -2.61. The van der Waals surface area contributed by atoms with Crippen LogP contribution in [0.4, 0.5) is 14.9 Å². The first-order chi connectivity index (χ1) is 13.9. The van der Waals surface area contributed by atoms with E-state index in [2.05, 4.69) is 6.92 Å². The van der Waals surface area contributed by atoms with Crippen molar-refractivity contribution in [2.24, 2.45) is 0 Å². The maximum atomic E-state index is 13.2. The van der Waals surface area contributed by atoms with E-state index in [4.69, 9.17) is 4.18 Å². The van der Waals surface area contributed by atoms with Crippen molar-refractivity contribution in [1.29, 1.82) is 0 Å². The molecule has 156 valence electrons. The quantitative estimate of drug-likeness (QED) is 0.445. The number of halogens is 1. The van der Waals surface area contributed by atoms with Crippen molar-refractivity contribution in [3.8, 4) is 5.75 Å². The molecule has 2 aromatic rings. The van der Waals surface area contributed by atoms with Crippen molar-refractivity contribution in [2.75, 3.05) is 24.5 Å². The van der Waals surface area contributed by atoms with Crippen molar-refractivity contribution in [2.45, 2.75) is 37.5 Å². The first-order valence-corrected chi connectivity index (χ1v) is 11.2. The number of carbonyl (C=O) groups excluding carboxylic acids is 1. The van der Waals surface area contributed by atoms with Gasteiger partial charge in [0.2, 0.25) is 0 Å². The molecule has 0 spiro atoms. The fourth-order valence-electron chi connectivity index (χ4n) is 3.25. The summed E-state index contributed by atoms with van der Waals surface area (Å²) in [5, 5.41) is 0. The van der Waals surface area contributed by atoms with E-state index in [1.165, 1.54) is 36.8 Å². The van der Waals surface area contributed by atoms with E-state index in [1.54, 1.807) is 17.0 Å². The molecule has 0 bridgehead atoms. The van der Waals surface area contributed by atoms with Gasteiger partial charge in [0.1, 0.15) is 16.5 Å². The van der Waals surface area contributed by atoms with Crippen molar-refractivity contribution in [3.05, 3.63) is 54.3 Å². The van der Waals surface area contributed by atoms with Gasteiger partial charge in [-0.2, -0.15) is 8.42 Å². The molecule has 1 aliphatic heterocycles. The van der Waals surface area contributed by atoms with Gasteiger partial charge in [0.25, 0.3) is 0 Å². The third kappa shape index (κ3) is 5.26. The largest absolute Gasteiger partial charge is 0.379 e. The molecule has 1 aliphatic rings. The summed E-state index contributed by atoms with van der Waals surface area (Å²) in [6.45, 7) is 4.12. The molecule has 0 aliphatic carbocycles. The number of amides is 2. The number of unbranched alkanes of at least 4 members (excludes halogenated alkanes) is 3. The third-order valence-electron chi connectivity index (χ3n) is 4.82. The van der Waals surface area contributed by atoms with Crippen LogP contribution in [0.1, 0.15) is 32.6 Å². The van der Waals surface area contributed by atoms with Gasteiger partial charge in [-0.05, 0) is 42.8 Å². The van der Waals surface area contributed by atoms with Crippen molar-refractivity contribution in [3.63, 3.8) is 0 Å². The Bertz CT molecular complexity index is 947. The standard InChI is InChI=1S/C21H25FN2O4S/c1-2-3-4-5-13-23-14-15-24(21(23)25)18-9-11-20(12-10-18)29(26,27)28-19-8-6-7-17(22)16-19/h6-12,16H,2-5,13-15H2,1H3. The second kappa shape index (κ2) is 9.26. The van der Waals surface area contributed by atoms with Gasteiger partial charge in [0.15, 0.2) is 0 Å². The van der Waals surface area contributed by atoms with Gasteiger partial charge in [-0.25, -0.2) is 9.18 Å². The molecule has 2 aromatic carbocycles. The summed E-state index contributed by atoms with van der Waals surface area (Å²) < 4.78 is 43.0. The Morgan fingerprint density at radius 1 is 1.03 bits per heavy atom. The second-order valence-corrected chi connectivity index (χ2v) is 8.52. The van der Waals surface area contributed by atoms with Crippen LogP contribution >= 0.6 is 0 Å². The van der Waals surface area contributed by atoms with E-state index in [0.717, 1.165) is 31.9 Å². The average Bonchev–Trinajstić information content (AvgIpc) is 3.05. The fraction of sp³-hybridized carbons (Fsp3) is 0.381. The zero-order valence-electron chi connectivity index (χ0n) is 16.4. The Morgan fingerprint density at radius 3 is 2.48 bits per heavy atom. The zero-order chi connectivity index (χ0) is 20.9. The molecule has 0 N–H and O–H groups in total. The molecule has 0 radical (unpaired) electrons. The molecule has 1 heterocycles. The second-order valence-electron chi connectivity index (χ2n) is 6.97. The summed E-state index contributed by atoms with van der Waals surface area (Å²) >= 11 is 0. The van der Waals surface area contributed by atoms with Gasteiger partial charge in [0, 0.05) is 31.4 Å². The number of benzene rings is 2. The lowest BCUT2D eigenvalue weighted by Crippen LogP contribution is -2.32. The highest BCUT2D eigenvalue weighted by atomic mass is 32.2. The summed E-state index contributed by atoms with van der Waals surface area (Å²) in [6.07, 6.45) is 4.41. The van der Waals surface area contributed by atoms with Gasteiger partial charge < -0.3 is 9.08 Å². The summed E-state index contributed by atoms with van der Waals surface area (Å²) in [7, 11) is -4.09. The lowest BCUT2D eigenvalue weighted by Gasteiger charge is -2.19. The fourth-order valence-corrected chi connectivity index (χ4v) is 4.17. The molecular weight excluding hydrogens is 395 g/mol. The molecule has 1 saturated heterocycles. The topological polar surface area (TPSA) is 66.9 Å². The number of nitrogens with zero attached hydrogens (tertiary/aromatic N) is 2. The average molecular weight is 421 g/mol. The lowest BCUT2D eigenvalue weighted by atomic mass is 10.2. The van der Waals surface area contributed by atoms with Crippen LogP contribution in [-0.2, 0) is 10.1 Å². The van der Waals surface area contributed by atoms with E-state index in [9.17, 15) is 17.6 Å². The van der Waals surface area contributed by atoms with Crippen molar-refractivity contribution < 1.29 is 21.8 Å². The van der Waals surface area contributed by atoms with Crippen LogP contribution in [-0.4, -0.2) is 39.0 Å². The lowest BCUT2D eigenvalue weighted by molar-refractivity contribution is 0.219. The number of rotatable bonds is 9. The first-order valence-electron chi connectivity index (χ1n) is 9.77. The minimum Gasteiger partial charge on any atom is -0.379 e. The number of carbonyl (C=O) groups is 1. The Kier molecular flexibility index (Phi) is 6.74. The van der Waals surface area contributed by atoms with E-state index in [-0.39, 0.29) is 16.7 Å². The SMILES string of the molecule is CCCCCCN1CCN(c2ccc(S(=O)(=O)Oc3cccc(F)c3)cc2)C1=O. The maximum Gasteiger partial charge on any atom is 0.339 e. The zero-order valence-corrected chi connectivity index (χ0v) is 17.2. The molecule has 0 unspecified atom stereocenters. The minimum absolute atomic E-state index is 0.0615. The molecule has 1 fully saturated rings. The number of hydrogen-bond donors (Lipinski definition) is 0. The van der Waals surface area contributed by atoms with Gasteiger partial charge in [0.05, 0.1) is 0 Å². The third-order valence-corrected chi connectivity index (χ3v) is 6.08. The van der Waals surface area contributed by atoms with Crippen LogP contribution in [0.5, 0.6) is 5.75 Å². The smallest absolute Gasteiger partial charge is 0.339 e. The molecule has 3 rings (SSSR count). The molecule has 0 saturated carbocycles. The van der Waals surface area contributed by atoms with Crippen LogP contribution < -0.4 is 9.08 Å². The van der Waals surface area contributed by atoms with Gasteiger partial charge in [-0.15, -0.1) is 0 Å². The predicted octanol–water partition coefficient (Wildman–Crippen LogP) is 4.42. The molecule has 8 heteroatoms. The van der Waals surface area contributed by atoms with Gasteiger partial charge >= 0.3 is 16.1 Å². The number of hydrogen-bond acceptors (Lipinski definition) is 4. The Balaban J connectivity index is 1.64. The van der Waals surface area contributed by atoms with Gasteiger partial charge in [-0.1, -0.05) is 32.3 Å². The molecule has 29 heavy (non-hydrogen) atoms. The number of urea groups is 1. The first kappa shape index (κ1) is 21.1. The van der Waals surface area contributed by atoms with Crippen LogP contribution in [0, 0.1) is 5.82 Å². The summed E-state index contributed by atoms with van der Waals surface area (Å²) in [5.41, 5.74) is 0.635. The predicted molar refractivity (Wildman–Crippen MR) is 109 cm³/mol. The molecule has 2 amide bonds. The maximum absolute atomic E-state index is 13.2. The van der Waals surface area contributed by atoms with Crippen LogP contribution in [0.2, 0.25) is 0 Å². The molecule has 0 atom stereocenters. The Morgan fingerprint density at radius 2 is 1.79 bits per heavy atom. The minimum atomic E-state index is -4.09. The van der Waals surface area contributed by atoms with Crippen LogP contribution in [0.3, 0.4) is 0 Å². The van der Waals surface area contributed by atoms with E-state index < -0.39 is 15.9 Å². The normalized spacial score (nSPS) is 14.5. The highest BCUT2D eigenvalue weighted by Gasteiger charge is 2.29. The van der Waals surface area contributed by atoms with Crippen molar-refractivity contribution in [1.82, 2.24) is 4.90 Å². The summed E-state index contributed by atoms with van der Waals surface area (Å²) in [4.78, 5) is 16.0.